The Morgan fingerprint density at radius 1 is 1.35 bits per heavy atom. The molecule has 2 N–H and O–H groups in total. The van der Waals surface area contributed by atoms with E-state index in [0.29, 0.717) is 12.3 Å². The summed E-state index contributed by atoms with van der Waals surface area (Å²) in [4.78, 5) is 11.1. The van der Waals surface area contributed by atoms with Gasteiger partial charge in [0, 0.05) is 11.6 Å². The predicted octanol–water partition coefficient (Wildman–Crippen LogP) is 2.54. The van der Waals surface area contributed by atoms with E-state index in [1.165, 1.54) is 0 Å². The summed E-state index contributed by atoms with van der Waals surface area (Å²) >= 11 is 0. The molecule has 0 aliphatic carbocycles. The van der Waals surface area contributed by atoms with Crippen LogP contribution >= 0.6 is 0 Å². The standard InChI is InChI=1S/C15H18N2O3/c1-10(2)14(15(18)19)16-9-12-8-13(17-20-12)11-6-4-3-5-7-11/h3-8,10,14,16H,9H2,1-2H3,(H,18,19). The number of carbonyl (C=O) groups is 1. The minimum atomic E-state index is -0.859. The van der Waals surface area contributed by atoms with Gasteiger partial charge in [0.2, 0.25) is 0 Å². The Labute approximate surface area is 117 Å². The van der Waals surface area contributed by atoms with Gasteiger partial charge in [0.05, 0.1) is 6.54 Å². The zero-order valence-electron chi connectivity index (χ0n) is 11.5. The van der Waals surface area contributed by atoms with Gasteiger partial charge in [-0.3, -0.25) is 10.1 Å². The van der Waals surface area contributed by atoms with Crippen LogP contribution in [0.3, 0.4) is 0 Å². The molecule has 5 heteroatoms. The van der Waals surface area contributed by atoms with Crippen molar-refractivity contribution < 1.29 is 14.4 Å². The maximum absolute atomic E-state index is 11.1. The van der Waals surface area contributed by atoms with Crippen LogP contribution in [0.1, 0.15) is 19.6 Å². The number of carboxylic acids is 1. The Hall–Kier alpha value is -2.14. The topological polar surface area (TPSA) is 75.4 Å². The molecule has 1 aromatic heterocycles. The van der Waals surface area contributed by atoms with E-state index >= 15 is 0 Å². The van der Waals surface area contributed by atoms with Gasteiger partial charge in [-0.05, 0) is 5.92 Å². The van der Waals surface area contributed by atoms with Gasteiger partial charge in [-0.15, -0.1) is 0 Å². The predicted molar refractivity (Wildman–Crippen MR) is 75.0 cm³/mol. The van der Waals surface area contributed by atoms with Crippen LogP contribution in [0.5, 0.6) is 0 Å². The molecule has 1 aromatic carbocycles. The van der Waals surface area contributed by atoms with E-state index in [4.69, 9.17) is 9.63 Å². The lowest BCUT2D eigenvalue weighted by atomic mass is 10.0. The summed E-state index contributed by atoms with van der Waals surface area (Å²) < 4.78 is 5.22. The zero-order chi connectivity index (χ0) is 14.5. The lowest BCUT2D eigenvalue weighted by Crippen LogP contribution is -2.40. The van der Waals surface area contributed by atoms with Gasteiger partial charge < -0.3 is 9.63 Å². The number of rotatable bonds is 6. The van der Waals surface area contributed by atoms with E-state index in [0.717, 1.165) is 11.3 Å². The molecule has 0 radical (unpaired) electrons. The highest BCUT2D eigenvalue weighted by Gasteiger charge is 2.21. The van der Waals surface area contributed by atoms with Crippen LogP contribution in [0.4, 0.5) is 0 Å². The van der Waals surface area contributed by atoms with Crippen molar-refractivity contribution in [2.75, 3.05) is 0 Å². The van der Waals surface area contributed by atoms with Crippen LogP contribution in [-0.2, 0) is 11.3 Å². The quantitative estimate of drug-likeness (QED) is 0.846. The molecule has 0 aliphatic rings. The fourth-order valence-electron chi connectivity index (χ4n) is 1.96. The Morgan fingerprint density at radius 3 is 2.65 bits per heavy atom. The zero-order valence-corrected chi connectivity index (χ0v) is 11.5. The van der Waals surface area contributed by atoms with Crippen molar-refractivity contribution in [2.24, 2.45) is 5.92 Å². The van der Waals surface area contributed by atoms with Crippen molar-refractivity contribution in [3.8, 4) is 11.3 Å². The first-order chi connectivity index (χ1) is 9.58. The minimum Gasteiger partial charge on any atom is -0.480 e. The molecule has 0 bridgehead atoms. The molecular formula is C15H18N2O3. The number of benzene rings is 1. The normalized spacial score (nSPS) is 12.6. The molecule has 2 aromatic rings. The highest BCUT2D eigenvalue weighted by Crippen LogP contribution is 2.18. The lowest BCUT2D eigenvalue weighted by molar-refractivity contribution is -0.140. The summed E-state index contributed by atoms with van der Waals surface area (Å²) in [6.45, 7) is 4.07. The Kier molecular flexibility index (Phi) is 4.53. The molecule has 5 nitrogen and oxygen atoms in total. The largest absolute Gasteiger partial charge is 0.480 e. The van der Waals surface area contributed by atoms with Gasteiger partial charge >= 0.3 is 5.97 Å². The molecule has 2 rings (SSSR count). The molecule has 0 fully saturated rings. The number of aromatic nitrogens is 1. The Bertz CT molecular complexity index is 564. The van der Waals surface area contributed by atoms with Crippen LogP contribution < -0.4 is 5.32 Å². The summed E-state index contributed by atoms with van der Waals surface area (Å²) in [5.74, 6) is -0.234. The Morgan fingerprint density at radius 2 is 2.05 bits per heavy atom. The highest BCUT2D eigenvalue weighted by molar-refractivity contribution is 5.73. The van der Waals surface area contributed by atoms with E-state index in [1.807, 2.05) is 50.2 Å². The van der Waals surface area contributed by atoms with Crippen LogP contribution in [0.2, 0.25) is 0 Å². The lowest BCUT2D eigenvalue weighted by Gasteiger charge is -2.16. The van der Waals surface area contributed by atoms with Crippen molar-refractivity contribution in [3.05, 3.63) is 42.2 Å². The molecule has 1 atom stereocenters. The summed E-state index contributed by atoms with van der Waals surface area (Å²) in [6.07, 6.45) is 0. The third-order valence-corrected chi connectivity index (χ3v) is 3.06. The van der Waals surface area contributed by atoms with Crippen LogP contribution in [-0.4, -0.2) is 22.3 Å². The molecule has 0 amide bonds. The molecule has 20 heavy (non-hydrogen) atoms. The molecule has 106 valence electrons. The van der Waals surface area contributed by atoms with Crippen molar-refractivity contribution in [2.45, 2.75) is 26.4 Å². The van der Waals surface area contributed by atoms with Gasteiger partial charge in [-0.1, -0.05) is 49.3 Å². The smallest absolute Gasteiger partial charge is 0.320 e. The third kappa shape index (κ3) is 3.45. The second-order valence-electron chi connectivity index (χ2n) is 4.99. The van der Waals surface area contributed by atoms with E-state index in [-0.39, 0.29) is 5.92 Å². The molecule has 0 aliphatic heterocycles. The van der Waals surface area contributed by atoms with E-state index < -0.39 is 12.0 Å². The number of nitrogens with one attached hydrogen (secondary N) is 1. The van der Waals surface area contributed by atoms with E-state index in [2.05, 4.69) is 10.5 Å². The van der Waals surface area contributed by atoms with Crippen molar-refractivity contribution in [3.63, 3.8) is 0 Å². The Balaban J connectivity index is 2.02. The maximum atomic E-state index is 11.1. The average molecular weight is 274 g/mol. The van der Waals surface area contributed by atoms with Gasteiger partial charge in [-0.2, -0.15) is 0 Å². The van der Waals surface area contributed by atoms with Gasteiger partial charge in [0.25, 0.3) is 0 Å². The number of hydrogen-bond acceptors (Lipinski definition) is 4. The fraction of sp³-hybridized carbons (Fsp3) is 0.333. The van der Waals surface area contributed by atoms with E-state index in [1.54, 1.807) is 0 Å². The summed E-state index contributed by atoms with van der Waals surface area (Å²) in [7, 11) is 0. The van der Waals surface area contributed by atoms with Crippen molar-refractivity contribution in [1.29, 1.82) is 0 Å². The second kappa shape index (κ2) is 6.34. The highest BCUT2D eigenvalue weighted by atomic mass is 16.5. The first kappa shape index (κ1) is 14.3. The summed E-state index contributed by atoms with van der Waals surface area (Å²) in [5.41, 5.74) is 1.72. The van der Waals surface area contributed by atoms with Crippen molar-refractivity contribution in [1.82, 2.24) is 10.5 Å². The number of aliphatic carboxylic acids is 1. The van der Waals surface area contributed by atoms with Crippen LogP contribution in [0, 0.1) is 5.92 Å². The molecule has 0 spiro atoms. The molecule has 1 heterocycles. The average Bonchev–Trinajstić information content (AvgIpc) is 2.88. The second-order valence-corrected chi connectivity index (χ2v) is 4.99. The molecule has 0 saturated heterocycles. The van der Waals surface area contributed by atoms with Gasteiger partial charge in [0.15, 0.2) is 5.76 Å². The summed E-state index contributed by atoms with van der Waals surface area (Å²) in [6, 6.07) is 10.9. The summed E-state index contributed by atoms with van der Waals surface area (Å²) in [5, 5.41) is 16.1. The number of nitrogens with zero attached hydrogens (tertiary/aromatic N) is 1. The third-order valence-electron chi connectivity index (χ3n) is 3.06. The molecule has 1 unspecified atom stereocenters. The number of carboxylic acid groups (broad SMARTS) is 1. The van der Waals surface area contributed by atoms with Crippen LogP contribution in [0.15, 0.2) is 40.9 Å². The minimum absolute atomic E-state index is 0.00372. The number of hydrogen-bond donors (Lipinski definition) is 2. The fourth-order valence-corrected chi connectivity index (χ4v) is 1.96. The first-order valence-corrected chi connectivity index (χ1v) is 6.55. The molecular weight excluding hydrogens is 256 g/mol. The van der Waals surface area contributed by atoms with Gasteiger partial charge in [0.1, 0.15) is 11.7 Å². The molecule has 0 saturated carbocycles. The maximum Gasteiger partial charge on any atom is 0.320 e. The monoisotopic (exact) mass is 274 g/mol. The van der Waals surface area contributed by atoms with Crippen LogP contribution in [0.25, 0.3) is 11.3 Å². The van der Waals surface area contributed by atoms with E-state index in [9.17, 15) is 4.79 Å². The van der Waals surface area contributed by atoms with Gasteiger partial charge in [-0.25, -0.2) is 0 Å². The van der Waals surface area contributed by atoms with Crippen molar-refractivity contribution >= 4 is 5.97 Å². The SMILES string of the molecule is CC(C)C(NCc1cc(-c2ccccc2)no1)C(=O)O. The first-order valence-electron chi connectivity index (χ1n) is 6.55.